The molecule has 0 N–H and O–H groups in total. The van der Waals surface area contributed by atoms with Gasteiger partial charge in [-0.15, -0.1) is 0 Å². The minimum absolute atomic E-state index is 0.0651. The monoisotopic (exact) mass is 322 g/mol. The first-order chi connectivity index (χ1) is 11.1. The molecule has 2 aliphatic rings. The highest BCUT2D eigenvalue weighted by atomic mass is 19.1. The van der Waals surface area contributed by atoms with Crippen LogP contribution >= 0.6 is 0 Å². The van der Waals surface area contributed by atoms with Crippen LogP contribution in [-0.4, -0.2) is 59.7 Å². The van der Waals surface area contributed by atoms with E-state index in [9.17, 15) is 9.18 Å². The van der Waals surface area contributed by atoms with Crippen molar-refractivity contribution in [3.8, 4) is 0 Å². The lowest BCUT2D eigenvalue weighted by molar-refractivity contribution is -0.132. The quantitative estimate of drug-likeness (QED) is 0.843. The summed E-state index contributed by atoms with van der Waals surface area (Å²) in [6.07, 6.45) is 6.78. The molecule has 3 heterocycles. The van der Waals surface area contributed by atoms with Gasteiger partial charge in [0.05, 0.1) is 19.0 Å². The molecule has 1 aromatic heterocycles. The summed E-state index contributed by atoms with van der Waals surface area (Å²) in [4.78, 5) is 24.5. The van der Waals surface area contributed by atoms with Gasteiger partial charge in [-0.05, 0) is 25.7 Å². The summed E-state index contributed by atoms with van der Waals surface area (Å²) >= 11 is 0. The molecular weight excluding hydrogens is 299 g/mol. The van der Waals surface area contributed by atoms with E-state index >= 15 is 0 Å². The van der Waals surface area contributed by atoms with Crippen molar-refractivity contribution < 1.29 is 13.9 Å². The average Bonchev–Trinajstić information content (AvgIpc) is 2.73. The molecule has 1 atom stereocenters. The smallest absolute Gasteiger partial charge is 0.225 e. The SMILES string of the molecule is COCCN1C(=O)CCC12CCCN(c1ncc(F)cn1)CC2. The molecule has 2 aliphatic heterocycles. The van der Waals surface area contributed by atoms with Gasteiger partial charge in [-0.25, -0.2) is 14.4 Å². The number of carbonyl (C=O) groups excluding carboxylic acids is 1. The highest BCUT2D eigenvalue weighted by Crippen LogP contribution is 2.39. The number of anilines is 1. The van der Waals surface area contributed by atoms with Crippen LogP contribution in [0, 0.1) is 5.82 Å². The highest BCUT2D eigenvalue weighted by Gasteiger charge is 2.45. The number of rotatable bonds is 4. The number of ether oxygens (including phenoxy) is 1. The van der Waals surface area contributed by atoms with Crippen LogP contribution in [0.3, 0.4) is 0 Å². The first kappa shape index (κ1) is 16.1. The van der Waals surface area contributed by atoms with Gasteiger partial charge in [0, 0.05) is 38.7 Å². The molecule has 0 saturated carbocycles. The van der Waals surface area contributed by atoms with E-state index in [1.165, 1.54) is 12.4 Å². The van der Waals surface area contributed by atoms with E-state index in [4.69, 9.17) is 4.74 Å². The van der Waals surface area contributed by atoms with Gasteiger partial charge in [0.2, 0.25) is 11.9 Å². The Hall–Kier alpha value is -1.76. The van der Waals surface area contributed by atoms with Crippen molar-refractivity contribution in [3.63, 3.8) is 0 Å². The zero-order valence-corrected chi connectivity index (χ0v) is 13.5. The summed E-state index contributed by atoms with van der Waals surface area (Å²) in [7, 11) is 1.66. The molecule has 3 rings (SSSR count). The number of carbonyl (C=O) groups is 1. The Bertz CT molecular complexity index is 554. The van der Waals surface area contributed by atoms with E-state index in [2.05, 4.69) is 14.9 Å². The fraction of sp³-hybridized carbons (Fsp3) is 0.688. The molecule has 0 radical (unpaired) electrons. The van der Waals surface area contributed by atoms with Gasteiger partial charge in [-0.1, -0.05) is 0 Å². The fourth-order valence-corrected chi connectivity index (χ4v) is 3.79. The van der Waals surface area contributed by atoms with Gasteiger partial charge in [0.25, 0.3) is 0 Å². The zero-order valence-electron chi connectivity index (χ0n) is 13.5. The summed E-state index contributed by atoms with van der Waals surface area (Å²) in [5, 5.41) is 0. The predicted octanol–water partition coefficient (Wildman–Crippen LogP) is 1.61. The van der Waals surface area contributed by atoms with Crippen molar-refractivity contribution in [1.82, 2.24) is 14.9 Å². The molecule has 23 heavy (non-hydrogen) atoms. The highest BCUT2D eigenvalue weighted by molar-refractivity contribution is 5.79. The molecule has 2 fully saturated rings. The van der Waals surface area contributed by atoms with Crippen molar-refractivity contribution in [1.29, 1.82) is 0 Å². The summed E-state index contributed by atoms with van der Waals surface area (Å²) in [6, 6.07) is 0. The van der Waals surface area contributed by atoms with Gasteiger partial charge in [0.15, 0.2) is 5.82 Å². The number of methoxy groups -OCH3 is 1. The topological polar surface area (TPSA) is 58.6 Å². The van der Waals surface area contributed by atoms with Crippen molar-refractivity contribution in [2.45, 2.75) is 37.6 Å². The molecule has 0 aromatic carbocycles. The van der Waals surface area contributed by atoms with Gasteiger partial charge in [-0.3, -0.25) is 4.79 Å². The molecule has 1 aromatic rings. The van der Waals surface area contributed by atoms with E-state index in [0.29, 0.717) is 25.5 Å². The first-order valence-corrected chi connectivity index (χ1v) is 8.16. The summed E-state index contributed by atoms with van der Waals surface area (Å²) in [5.74, 6) is 0.372. The van der Waals surface area contributed by atoms with Crippen LogP contribution in [0.1, 0.15) is 32.1 Å². The number of likely N-dealkylation sites (tertiary alicyclic amines) is 1. The zero-order chi connectivity index (χ0) is 16.3. The number of hydrogen-bond acceptors (Lipinski definition) is 5. The maximum absolute atomic E-state index is 13.0. The Kier molecular flexibility index (Phi) is 4.75. The maximum Gasteiger partial charge on any atom is 0.225 e. The van der Waals surface area contributed by atoms with Crippen molar-refractivity contribution >= 4 is 11.9 Å². The third-order valence-corrected chi connectivity index (χ3v) is 5.00. The van der Waals surface area contributed by atoms with Crippen molar-refractivity contribution in [2.75, 3.05) is 38.3 Å². The molecule has 2 saturated heterocycles. The van der Waals surface area contributed by atoms with E-state index in [0.717, 1.165) is 38.8 Å². The molecule has 1 spiro atoms. The van der Waals surface area contributed by atoms with Crippen LogP contribution in [0.2, 0.25) is 0 Å². The van der Waals surface area contributed by atoms with Crippen LogP contribution < -0.4 is 4.90 Å². The van der Waals surface area contributed by atoms with E-state index in [1.807, 2.05) is 4.90 Å². The number of amides is 1. The molecule has 126 valence electrons. The van der Waals surface area contributed by atoms with Crippen molar-refractivity contribution in [3.05, 3.63) is 18.2 Å². The second kappa shape index (κ2) is 6.78. The van der Waals surface area contributed by atoms with E-state index in [1.54, 1.807) is 7.11 Å². The number of hydrogen-bond donors (Lipinski definition) is 0. The lowest BCUT2D eigenvalue weighted by atomic mass is 9.88. The summed E-state index contributed by atoms with van der Waals surface area (Å²) in [5.41, 5.74) is -0.0651. The molecule has 0 bridgehead atoms. The van der Waals surface area contributed by atoms with Crippen LogP contribution in [0.5, 0.6) is 0 Å². The van der Waals surface area contributed by atoms with Gasteiger partial charge < -0.3 is 14.5 Å². The minimum atomic E-state index is -0.424. The third kappa shape index (κ3) is 3.29. The maximum atomic E-state index is 13.0. The van der Waals surface area contributed by atoms with Crippen LogP contribution in [0.4, 0.5) is 10.3 Å². The Balaban J connectivity index is 1.72. The molecule has 1 amide bonds. The Morgan fingerprint density at radius 2 is 2.04 bits per heavy atom. The van der Waals surface area contributed by atoms with Crippen molar-refractivity contribution in [2.24, 2.45) is 0 Å². The van der Waals surface area contributed by atoms with Gasteiger partial charge >= 0.3 is 0 Å². The van der Waals surface area contributed by atoms with E-state index in [-0.39, 0.29) is 11.4 Å². The second-order valence-electron chi connectivity index (χ2n) is 6.30. The molecule has 1 unspecified atom stereocenters. The molecule has 7 heteroatoms. The van der Waals surface area contributed by atoms with Gasteiger partial charge in [0.1, 0.15) is 0 Å². The van der Waals surface area contributed by atoms with Gasteiger partial charge in [-0.2, -0.15) is 0 Å². The molecular formula is C16H23FN4O2. The number of halogens is 1. The molecule has 6 nitrogen and oxygen atoms in total. The molecule has 0 aliphatic carbocycles. The predicted molar refractivity (Wildman–Crippen MR) is 83.6 cm³/mol. The van der Waals surface area contributed by atoms with Crippen LogP contribution in [0.25, 0.3) is 0 Å². The lowest BCUT2D eigenvalue weighted by Gasteiger charge is -2.38. The largest absolute Gasteiger partial charge is 0.383 e. The lowest BCUT2D eigenvalue weighted by Crippen LogP contribution is -2.47. The Labute approximate surface area is 135 Å². The minimum Gasteiger partial charge on any atom is -0.383 e. The van der Waals surface area contributed by atoms with E-state index < -0.39 is 5.82 Å². The first-order valence-electron chi connectivity index (χ1n) is 8.16. The summed E-state index contributed by atoms with van der Waals surface area (Å²) < 4.78 is 18.1. The normalized spacial score (nSPS) is 25.2. The Morgan fingerprint density at radius 3 is 2.78 bits per heavy atom. The fourth-order valence-electron chi connectivity index (χ4n) is 3.79. The average molecular weight is 322 g/mol. The second-order valence-corrected chi connectivity index (χ2v) is 6.30. The van der Waals surface area contributed by atoms with Crippen LogP contribution in [-0.2, 0) is 9.53 Å². The number of aromatic nitrogens is 2. The third-order valence-electron chi connectivity index (χ3n) is 5.00. The van der Waals surface area contributed by atoms with Crippen LogP contribution in [0.15, 0.2) is 12.4 Å². The standard InChI is InChI=1S/C16H23FN4O2/c1-23-10-9-21-14(22)3-5-16(21)4-2-7-20(8-6-16)15-18-11-13(17)12-19-15/h11-12H,2-10H2,1H3. The summed E-state index contributed by atoms with van der Waals surface area (Å²) in [6.45, 7) is 2.84. The number of nitrogens with zero attached hydrogens (tertiary/aromatic N) is 4. The Morgan fingerprint density at radius 1 is 1.26 bits per heavy atom.